The van der Waals surface area contributed by atoms with Crippen molar-refractivity contribution in [2.24, 2.45) is 4.99 Å². The topological polar surface area (TPSA) is 88.4 Å². The molecule has 1 aliphatic heterocycles. The molecule has 7 nitrogen and oxygen atoms in total. The largest absolute Gasteiger partial charge is 0.490 e. The van der Waals surface area contributed by atoms with E-state index < -0.39 is 5.97 Å². The molecule has 0 bridgehead atoms. The van der Waals surface area contributed by atoms with Gasteiger partial charge in [-0.3, -0.25) is 9.69 Å². The number of aryl methyl sites for hydroxylation is 1. The molecule has 0 aromatic heterocycles. The van der Waals surface area contributed by atoms with Crippen LogP contribution in [-0.4, -0.2) is 40.7 Å². The number of amidine groups is 1. The second-order valence-electron chi connectivity index (χ2n) is 8.26. The van der Waals surface area contributed by atoms with Gasteiger partial charge in [0.1, 0.15) is 6.61 Å². The highest BCUT2D eigenvalue weighted by molar-refractivity contribution is 8.18. The number of rotatable bonds is 8. The summed E-state index contributed by atoms with van der Waals surface area (Å²) < 4.78 is 11.8. The van der Waals surface area contributed by atoms with Crippen LogP contribution in [0.5, 0.6) is 11.5 Å². The standard InChI is InChI=1S/C28H25ClN2O5S/c1-4-35-23-14-19(13-22(29)25(23)36-16-18-7-5-17(2)6-8-18)15-24-26(32)31(3)28(37-24)30-21-11-9-20(10-12-21)27(33)34/h5-15H,4,16H2,1-3H3,(H,33,34)/b24-15-,30-28?. The first-order valence-corrected chi connectivity index (χ1v) is 12.7. The summed E-state index contributed by atoms with van der Waals surface area (Å²) in [6, 6.07) is 17.7. The third-order valence-electron chi connectivity index (χ3n) is 5.48. The second kappa shape index (κ2) is 11.5. The Morgan fingerprint density at radius 2 is 1.81 bits per heavy atom. The molecule has 0 aliphatic carbocycles. The fourth-order valence-corrected chi connectivity index (χ4v) is 4.77. The number of halogens is 1. The average Bonchev–Trinajstić information content (AvgIpc) is 3.12. The Morgan fingerprint density at radius 1 is 1.11 bits per heavy atom. The van der Waals surface area contributed by atoms with Gasteiger partial charge in [0.25, 0.3) is 5.91 Å². The second-order valence-corrected chi connectivity index (χ2v) is 9.67. The lowest BCUT2D eigenvalue weighted by atomic mass is 10.1. The van der Waals surface area contributed by atoms with E-state index >= 15 is 0 Å². The molecule has 1 N–H and O–H groups in total. The molecule has 1 fully saturated rings. The fourth-order valence-electron chi connectivity index (χ4n) is 3.51. The van der Waals surface area contributed by atoms with Gasteiger partial charge in [-0.15, -0.1) is 0 Å². The molecule has 37 heavy (non-hydrogen) atoms. The van der Waals surface area contributed by atoms with Gasteiger partial charge in [-0.1, -0.05) is 41.4 Å². The number of likely N-dealkylation sites (N-methyl/N-ethyl adjacent to an activating group) is 1. The molecule has 0 atom stereocenters. The Hall–Kier alpha value is -3.75. The monoisotopic (exact) mass is 536 g/mol. The van der Waals surface area contributed by atoms with E-state index in [0.717, 1.165) is 5.56 Å². The number of benzene rings is 3. The van der Waals surface area contributed by atoms with Crippen LogP contribution in [0.4, 0.5) is 5.69 Å². The molecule has 0 unspecified atom stereocenters. The van der Waals surface area contributed by atoms with Crippen LogP contribution in [0.3, 0.4) is 0 Å². The van der Waals surface area contributed by atoms with E-state index in [2.05, 4.69) is 4.99 Å². The molecule has 1 amide bonds. The lowest BCUT2D eigenvalue weighted by Crippen LogP contribution is -2.23. The number of aliphatic imine (C=N–C) groups is 1. The number of thioether (sulfide) groups is 1. The summed E-state index contributed by atoms with van der Waals surface area (Å²) in [7, 11) is 1.64. The number of amides is 1. The molecule has 3 aromatic rings. The Bertz CT molecular complexity index is 1380. The van der Waals surface area contributed by atoms with Crippen molar-refractivity contribution >= 4 is 52.2 Å². The summed E-state index contributed by atoms with van der Waals surface area (Å²) in [4.78, 5) is 30.4. The molecule has 0 radical (unpaired) electrons. The van der Waals surface area contributed by atoms with Crippen molar-refractivity contribution in [3.63, 3.8) is 0 Å². The van der Waals surface area contributed by atoms with Gasteiger partial charge < -0.3 is 14.6 Å². The van der Waals surface area contributed by atoms with Gasteiger partial charge in [0.15, 0.2) is 16.7 Å². The lowest BCUT2D eigenvalue weighted by molar-refractivity contribution is -0.121. The Kier molecular flexibility index (Phi) is 8.21. The van der Waals surface area contributed by atoms with Crippen molar-refractivity contribution < 1.29 is 24.2 Å². The van der Waals surface area contributed by atoms with Crippen LogP contribution in [0.2, 0.25) is 5.02 Å². The molecule has 1 heterocycles. The maximum atomic E-state index is 12.9. The van der Waals surface area contributed by atoms with Gasteiger partial charge in [-0.05, 0) is 79.2 Å². The van der Waals surface area contributed by atoms with Gasteiger partial charge in [0.05, 0.1) is 27.8 Å². The van der Waals surface area contributed by atoms with Crippen molar-refractivity contribution in [1.29, 1.82) is 0 Å². The molecule has 1 aliphatic rings. The predicted octanol–water partition coefficient (Wildman–Crippen LogP) is 6.56. The Balaban J connectivity index is 1.57. The smallest absolute Gasteiger partial charge is 0.335 e. The predicted molar refractivity (Wildman–Crippen MR) is 147 cm³/mol. The number of hydrogen-bond acceptors (Lipinski definition) is 6. The molecular weight excluding hydrogens is 512 g/mol. The van der Waals surface area contributed by atoms with E-state index in [1.807, 2.05) is 38.1 Å². The number of hydrogen-bond donors (Lipinski definition) is 1. The SMILES string of the molecule is CCOc1cc(/C=C2\SC(=Nc3ccc(C(=O)O)cc3)N(C)C2=O)cc(Cl)c1OCc1ccc(C)cc1. The number of carbonyl (C=O) groups excluding carboxylic acids is 1. The van der Waals surface area contributed by atoms with Gasteiger partial charge in [0.2, 0.25) is 0 Å². The van der Waals surface area contributed by atoms with E-state index in [-0.39, 0.29) is 11.5 Å². The molecule has 4 rings (SSSR count). The summed E-state index contributed by atoms with van der Waals surface area (Å²) in [6.45, 7) is 4.66. The van der Waals surface area contributed by atoms with Crippen LogP contribution in [-0.2, 0) is 11.4 Å². The zero-order valence-corrected chi connectivity index (χ0v) is 22.1. The summed E-state index contributed by atoms with van der Waals surface area (Å²) in [5, 5.41) is 9.92. The van der Waals surface area contributed by atoms with Crippen LogP contribution in [0.15, 0.2) is 70.6 Å². The average molecular weight is 537 g/mol. The van der Waals surface area contributed by atoms with Crippen molar-refractivity contribution in [1.82, 2.24) is 4.90 Å². The Labute approximate surface area is 224 Å². The van der Waals surface area contributed by atoms with Crippen molar-refractivity contribution in [2.45, 2.75) is 20.5 Å². The summed E-state index contributed by atoms with van der Waals surface area (Å²) >= 11 is 7.80. The molecule has 0 saturated carbocycles. The zero-order chi connectivity index (χ0) is 26.5. The fraction of sp³-hybridized carbons (Fsp3) is 0.179. The third-order valence-corrected chi connectivity index (χ3v) is 6.82. The van der Waals surface area contributed by atoms with E-state index in [1.165, 1.54) is 34.4 Å². The van der Waals surface area contributed by atoms with Gasteiger partial charge >= 0.3 is 5.97 Å². The first-order valence-electron chi connectivity index (χ1n) is 11.5. The number of aromatic carboxylic acids is 1. The van der Waals surface area contributed by atoms with E-state index in [1.54, 1.807) is 37.4 Å². The van der Waals surface area contributed by atoms with Crippen molar-refractivity contribution in [3.05, 3.63) is 92.8 Å². The van der Waals surface area contributed by atoms with Gasteiger partial charge in [-0.25, -0.2) is 9.79 Å². The highest BCUT2D eigenvalue weighted by Gasteiger charge is 2.30. The maximum Gasteiger partial charge on any atom is 0.335 e. The van der Waals surface area contributed by atoms with Gasteiger partial charge in [0, 0.05) is 7.05 Å². The minimum atomic E-state index is -1.01. The number of carboxylic acid groups (broad SMARTS) is 1. The number of carboxylic acids is 1. The van der Waals surface area contributed by atoms with E-state index in [4.69, 9.17) is 26.2 Å². The van der Waals surface area contributed by atoms with Crippen molar-refractivity contribution in [2.75, 3.05) is 13.7 Å². The quantitative estimate of drug-likeness (QED) is 0.328. The summed E-state index contributed by atoms with van der Waals surface area (Å²) in [6.07, 6.45) is 1.73. The van der Waals surface area contributed by atoms with Crippen LogP contribution in [0, 0.1) is 6.92 Å². The van der Waals surface area contributed by atoms with Crippen LogP contribution < -0.4 is 9.47 Å². The molecule has 0 spiro atoms. The Morgan fingerprint density at radius 3 is 2.46 bits per heavy atom. The maximum absolute atomic E-state index is 12.9. The first kappa shape index (κ1) is 26.3. The van der Waals surface area contributed by atoms with Crippen LogP contribution in [0.25, 0.3) is 6.08 Å². The van der Waals surface area contributed by atoms with Crippen LogP contribution in [0.1, 0.15) is 34.0 Å². The van der Waals surface area contributed by atoms with Crippen LogP contribution >= 0.6 is 23.4 Å². The number of ether oxygens (including phenoxy) is 2. The van der Waals surface area contributed by atoms with E-state index in [9.17, 15) is 9.59 Å². The zero-order valence-electron chi connectivity index (χ0n) is 20.5. The minimum absolute atomic E-state index is 0.168. The van der Waals surface area contributed by atoms with Gasteiger partial charge in [-0.2, -0.15) is 0 Å². The first-order chi connectivity index (χ1) is 17.7. The molecule has 9 heteroatoms. The van der Waals surface area contributed by atoms with E-state index in [0.29, 0.717) is 51.1 Å². The third kappa shape index (κ3) is 6.34. The lowest BCUT2D eigenvalue weighted by Gasteiger charge is -2.15. The minimum Gasteiger partial charge on any atom is -0.490 e. The molecule has 1 saturated heterocycles. The normalized spacial score (nSPS) is 15.5. The molecule has 190 valence electrons. The molecular formula is C28H25ClN2O5S. The highest BCUT2D eigenvalue weighted by atomic mass is 35.5. The van der Waals surface area contributed by atoms with Crippen molar-refractivity contribution in [3.8, 4) is 11.5 Å². The number of nitrogens with zero attached hydrogens (tertiary/aromatic N) is 2. The highest BCUT2D eigenvalue weighted by Crippen LogP contribution is 2.39. The summed E-state index contributed by atoms with van der Waals surface area (Å²) in [5.74, 6) is -0.283. The molecule has 3 aromatic carbocycles. The number of carbonyl (C=O) groups is 2. The summed E-state index contributed by atoms with van der Waals surface area (Å²) in [5.41, 5.74) is 3.58.